The van der Waals surface area contributed by atoms with Crippen LogP contribution in [0.2, 0.25) is 5.02 Å². The molecule has 0 radical (unpaired) electrons. The van der Waals surface area contributed by atoms with E-state index < -0.39 is 0 Å². The normalized spacial score (nSPS) is 14.8. The number of phenolic OH excluding ortho intramolecular Hbond substituents is 1. The maximum Gasteiger partial charge on any atom is 0.191 e. The van der Waals surface area contributed by atoms with Crippen LogP contribution in [0, 0.1) is 0 Å². The Morgan fingerprint density at radius 1 is 1.21 bits per heavy atom. The van der Waals surface area contributed by atoms with Crippen molar-refractivity contribution in [3.05, 3.63) is 58.6 Å². The van der Waals surface area contributed by atoms with Crippen molar-refractivity contribution in [2.45, 2.75) is 24.7 Å². The molecule has 0 unspecified atom stereocenters. The molecule has 0 bridgehead atoms. The van der Waals surface area contributed by atoms with Crippen LogP contribution in [0.15, 0.2) is 47.5 Å². The van der Waals surface area contributed by atoms with Crippen LogP contribution in [0.1, 0.15) is 24.0 Å². The first-order valence-corrected chi connectivity index (χ1v) is 9.50. The fraction of sp³-hybridized carbons (Fsp3) is 0.381. The van der Waals surface area contributed by atoms with Gasteiger partial charge < -0.3 is 20.5 Å². The van der Waals surface area contributed by atoms with Crippen molar-refractivity contribution in [3.63, 3.8) is 0 Å². The SMILES string of the molecule is CN=C(NCCc1ccc(OC)cc1O)NCC1(c2cccc(Cl)c2)CC1.I. The molecule has 0 spiro atoms. The molecule has 152 valence electrons. The minimum atomic E-state index is 0. The highest BCUT2D eigenvalue weighted by Gasteiger charge is 2.44. The van der Waals surface area contributed by atoms with Crippen LogP contribution in [-0.2, 0) is 11.8 Å². The summed E-state index contributed by atoms with van der Waals surface area (Å²) < 4.78 is 5.11. The van der Waals surface area contributed by atoms with Crippen molar-refractivity contribution in [1.29, 1.82) is 0 Å². The van der Waals surface area contributed by atoms with E-state index in [0.717, 1.165) is 35.9 Å². The molecule has 1 aliphatic rings. The molecule has 2 aromatic rings. The number of hydrogen-bond donors (Lipinski definition) is 3. The second-order valence-electron chi connectivity index (χ2n) is 6.89. The Bertz CT molecular complexity index is 825. The summed E-state index contributed by atoms with van der Waals surface area (Å²) in [6.07, 6.45) is 2.99. The lowest BCUT2D eigenvalue weighted by atomic mass is 9.96. The molecule has 3 rings (SSSR count). The first kappa shape index (κ1) is 22.6. The molecule has 1 fully saturated rings. The number of halogens is 2. The van der Waals surface area contributed by atoms with Gasteiger partial charge in [0.2, 0.25) is 0 Å². The topological polar surface area (TPSA) is 65.9 Å². The van der Waals surface area contributed by atoms with Crippen LogP contribution in [0.25, 0.3) is 0 Å². The lowest BCUT2D eigenvalue weighted by molar-refractivity contribution is 0.406. The maximum atomic E-state index is 10.0. The van der Waals surface area contributed by atoms with Crippen molar-refractivity contribution >= 4 is 41.5 Å². The average Bonchev–Trinajstić information content (AvgIpc) is 3.46. The summed E-state index contributed by atoms with van der Waals surface area (Å²) in [7, 11) is 3.35. The van der Waals surface area contributed by atoms with Crippen LogP contribution in [0.5, 0.6) is 11.5 Å². The summed E-state index contributed by atoms with van der Waals surface area (Å²) in [5, 5.41) is 17.6. The Kier molecular flexibility index (Phi) is 8.24. The van der Waals surface area contributed by atoms with E-state index >= 15 is 0 Å². The van der Waals surface area contributed by atoms with E-state index in [1.807, 2.05) is 24.3 Å². The van der Waals surface area contributed by atoms with E-state index in [-0.39, 0.29) is 35.1 Å². The molecule has 0 saturated heterocycles. The van der Waals surface area contributed by atoms with Gasteiger partial charge in [-0.1, -0.05) is 29.8 Å². The summed E-state index contributed by atoms with van der Waals surface area (Å²) >= 11 is 6.14. The molecule has 2 aromatic carbocycles. The number of phenols is 1. The number of ether oxygens (including phenoxy) is 1. The van der Waals surface area contributed by atoms with E-state index in [9.17, 15) is 5.11 Å². The van der Waals surface area contributed by atoms with E-state index in [1.165, 1.54) is 5.56 Å². The smallest absolute Gasteiger partial charge is 0.191 e. The number of hydrogen-bond acceptors (Lipinski definition) is 3. The monoisotopic (exact) mass is 515 g/mol. The van der Waals surface area contributed by atoms with Crippen LogP contribution in [-0.4, -0.2) is 38.3 Å². The Morgan fingerprint density at radius 3 is 2.61 bits per heavy atom. The third kappa shape index (κ3) is 5.67. The van der Waals surface area contributed by atoms with E-state index in [2.05, 4.69) is 27.8 Å². The van der Waals surface area contributed by atoms with Crippen molar-refractivity contribution < 1.29 is 9.84 Å². The van der Waals surface area contributed by atoms with Crippen LogP contribution in [0.3, 0.4) is 0 Å². The summed E-state index contributed by atoms with van der Waals surface area (Å²) in [6, 6.07) is 13.5. The lowest BCUT2D eigenvalue weighted by Crippen LogP contribution is -2.41. The van der Waals surface area contributed by atoms with Gasteiger partial charge in [-0.05, 0) is 48.6 Å². The third-order valence-corrected chi connectivity index (χ3v) is 5.32. The third-order valence-electron chi connectivity index (χ3n) is 5.09. The fourth-order valence-corrected chi connectivity index (χ4v) is 3.40. The zero-order valence-corrected chi connectivity index (χ0v) is 19.3. The largest absolute Gasteiger partial charge is 0.508 e. The molecule has 1 saturated carbocycles. The highest BCUT2D eigenvalue weighted by Crippen LogP contribution is 2.48. The van der Waals surface area contributed by atoms with Crippen LogP contribution >= 0.6 is 35.6 Å². The number of nitrogens with one attached hydrogen (secondary N) is 2. The molecule has 0 atom stereocenters. The molecule has 0 aliphatic heterocycles. The van der Waals surface area contributed by atoms with Gasteiger partial charge in [0.1, 0.15) is 11.5 Å². The first-order valence-electron chi connectivity index (χ1n) is 9.13. The number of benzene rings is 2. The second kappa shape index (κ2) is 10.2. The van der Waals surface area contributed by atoms with Gasteiger partial charge in [-0.15, -0.1) is 24.0 Å². The molecule has 5 nitrogen and oxygen atoms in total. The number of aromatic hydroxyl groups is 1. The van der Waals surface area contributed by atoms with Crippen LogP contribution in [0.4, 0.5) is 0 Å². The highest BCUT2D eigenvalue weighted by atomic mass is 127. The Hall–Kier alpha value is -1.67. The predicted octanol–water partition coefficient (Wildman–Crippen LogP) is 4.11. The van der Waals surface area contributed by atoms with Gasteiger partial charge in [-0.25, -0.2) is 0 Å². The number of nitrogens with zero attached hydrogens (tertiary/aromatic N) is 1. The van der Waals surface area contributed by atoms with Crippen molar-refractivity contribution in [2.75, 3.05) is 27.2 Å². The minimum absolute atomic E-state index is 0. The zero-order valence-electron chi connectivity index (χ0n) is 16.2. The van der Waals surface area contributed by atoms with Crippen molar-refractivity contribution in [3.8, 4) is 11.5 Å². The molecule has 1 aliphatic carbocycles. The number of rotatable bonds is 7. The van der Waals surface area contributed by atoms with Gasteiger partial charge in [-0.3, -0.25) is 4.99 Å². The Morgan fingerprint density at radius 2 is 2.00 bits per heavy atom. The summed E-state index contributed by atoms with van der Waals surface area (Å²) in [6.45, 7) is 1.49. The standard InChI is InChI=1S/C21H26ClN3O2.HI/c1-23-20(24-11-8-15-6-7-18(27-2)13-19(15)26)25-14-21(9-10-21)16-4-3-5-17(22)12-16;/h3-7,12-13,26H,8-11,14H2,1-2H3,(H2,23,24,25);1H. The lowest BCUT2D eigenvalue weighted by Gasteiger charge is -2.19. The molecular weight excluding hydrogens is 489 g/mol. The zero-order chi connectivity index (χ0) is 19.3. The molecule has 0 aromatic heterocycles. The summed E-state index contributed by atoms with van der Waals surface area (Å²) in [4.78, 5) is 4.30. The molecule has 0 amide bonds. The van der Waals surface area contributed by atoms with Crippen molar-refractivity contribution in [2.24, 2.45) is 4.99 Å². The van der Waals surface area contributed by atoms with Crippen LogP contribution < -0.4 is 15.4 Å². The average molecular weight is 516 g/mol. The number of guanidine groups is 1. The fourth-order valence-electron chi connectivity index (χ4n) is 3.21. The van der Waals surface area contributed by atoms with E-state index in [1.54, 1.807) is 20.2 Å². The van der Waals surface area contributed by atoms with Gasteiger partial charge in [-0.2, -0.15) is 0 Å². The molecule has 7 heteroatoms. The Labute approximate surface area is 188 Å². The van der Waals surface area contributed by atoms with Gasteiger partial charge >= 0.3 is 0 Å². The maximum absolute atomic E-state index is 10.0. The van der Waals surface area contributed by atoms with Gasteiger partial charge in [0.15, 0.2) is 5.96 Å². The summed E-state index contributed by atoms with van der Waals surface area (Å²) in [5.74, 6) is 1.66. The van der Waals surface area contributed by atoms with Gasteiger partial charge in [0, 0.05) is 36.6 Å². The second-order valence-corrected chi connectivity index (χ2v) is 7.32. The minimum Gasteiger partial charge on any atom is -0.508 e. The Balaban J connectivity index is 0.00000280. The predicted molar refractivity (Wildman–Crippen MR) is 126 cm³/mol. The molecule has 3 N–H and O–H groups in total. The van der Waals surface area contributed by atoms with Gasteiger partial charge in [0.25, 0.3) is 0 Å². The van der Waals surface area contributed by atoms with E-state index in [4.69, 9.17) is 16.3 Å². The van der Waals surface area contributed by atoms with Crippen molar-refractivity contribution in [1.82, 2.24) is 10.6 Å². The van der Waals surface area contributed by atoms with E-state index in [0.29, 0.717) is 18.7 Å². The first-order chi connectivity index (χ1) is 13.1. The quantitative estimate of drug-likeness (QED) is 0.295. The highest BCUT2D eigenvalue weighted by molar-refractivity contribution is 14.0. The molecule has 0 heterocycles. The van der Waals surface area contributed by atoms with Gasteiger partial charge in [0.05, 0.1) is 7.11 Å². The molecule has 28 heavy (non-hydrogen) atoms. The number of aliphatic imine (C=N–C) groups is 1. The number of methoxy groups -OCH3 is 1. The molecular formula is C21H27ClIN3O2. The summed E-state index contributed by atoms with van der Waals surface area (Å²) in [5.41, 5.74) is 2.30.